The molecule has 5 nitrogen and oxygen atoms in total. The van der Waals surface area contributed by atoms with Crippen molar-refractivity contribution in [1.82, 2.24) is 0 Å². The van der Waals surface area contributed by atoms with Gasteiger partial charge in [-0.3, -0.25) is 9.59 Å². The van der Waals surface area contributed by atoms with Gasteiger partial charge in [-0.15, -0.1) is 0 Å². The largest absolute Gasteiger partial charge is 0.461 e. The number of hydrogen-bond donors (Lipinski definition) is 0. The molecule has 0 N–H and O–H groups in total. The van der Waals surface area contributed by atoms with Crippen molar-refractivity contribution in [2.24, 2.45) is 0 Å². The fourth-order valence-corrected chi connectivity index (χ4v) is 5.21. The SMILES string of the molecule is CC/C=C\C/C=C\C/C=C\C/C=C\C/C=C\CC(=O)OCC(COCCCCCCCCCC)OC(=O)CCCCCCC/C=C\CCCC. The van der Waals surface area contributed by atoms with E-state index < -0.39 is 6.10 Å². The number of carbonyl (C=O) groups excluding carboxylic acids is 2. The van der Waals surface area contributed by atoms with Gasteiger partial charge in [0.05, 0.1) is 13.0 Å². The van der Waals surface area contributed by atoms with Crippen molar-refractivity contribution in [3.63, 3.8) is 0 Å². The zero-order chi connectivity index (χ0) is 36.4. The number of unbranched alkanes of at least 4 members (excludes halogenated alkanes) is 14. The molecule has 0 heterocycles. The molecule has 0 fully saturated rings. The Labute approximate surface area is 308 Å². The van der Waals surface area contributed by atoms with Crippen molar-refractivity contribution < 1.29 is 23.8 Å². The van der Waals surface area contributed by atoms with Crippen molar-refractivity contribution in [3.8, 4) is 0 Å². The van der Waals surface area contributed by atoms with E-state index in [1.165, 1.54) is 70.6 Å². The maximum Gasteiger partial charge on any atom is 0.309 e. The highest BCUT2D eigenvalue weighted by molar-refractivity contribution is 5.71. The monoisotopic (exact) mass is 697 g/mol. The van der Waals surface area contributed by atoms with Gasteiger partial charge in [0.25, 0.3) is 0 Å². The van der Waals surface area contributed by atoms with Gasteiger partial charge in [-0.1, -0.05) is 171 Å². The lowest BCUT2D eigenvalue weighted by Crippen LogP contribution is -2.30. The summed E-state index contributed by atoms with van der Waals surface area (Å²) in [4.78, 5) is 25.0. The standard InChI is InChI=1S/C45H76O5/c1-4-7-10-13-16-19-21-22-23-24-26-27-29-32-35-38-44(46)49-42-43(41-48-40-37-34-31-18-15-12-9-6-3)50-45(47)39-36-33-30-28-25-20-17-14-11-8-5-2/h7,10,14,16-17,19,22-23,26-27,32,35,43H,4-6,8-9,11-13,15,18,20-21,24-25,28-31,33-34,36-42H2,1-3H3/b10-7-,17-14-,19-16-,23-22-,27-26-,35-32-. The molecule has 5 heteroatoms. The van der Waals surface area contributed by atoms with Crippen molar-refractivity contribution in [1.29, 1.82) is 0 Å². The van der Waals surface area contributed by atoms with E-state index in [4.69, 9.17) is 14.2 Å². The fourth-order valence-electron chi connectivity index (χ4n) is 5.21. The highest BCUT2D eigenvalue weighted by Crippen LogP contribution is 2.11. The first-order valence-corrected chi connectivity index (χ1v) is 20.5. The van der Waals surface area contributed by atoms with Crippen LogP contribution in [0.15, 0.2) is 72.9 Å². The van der Waals surface area contributed by atoms with Gasteiger partial charge >= 0.3 is 11.9 Å². The van der Waals surface area contributed by atoms with Crippen molar-refractivity contribution >= 4 is 11.9 Å². The second kappa shape index (κ2) is 40.8. The molecule has 50 heavy (non-hydrogen) atoms. The van der Waals surface area contributed by atoms with Crippen LogP contribution in [0, 0.1) is 0 Å². The van der Waals surface area contributed by atoms with Gasteiger partial charge in [-0.25, -0.2) is 0 Å². The zero-order valence-corrected chi connectivity index (χ0v) is 32.6. The van der Waals surface area contributed by atoms with Gasteiger partial charge in [-0.2, -0.15) is 0 Å². The summed E-state index contributed by atoms with van der Waals surface area (Å²) in [5.41, 5.74) is 0. The maximum atomic E-state index is 12.6. The van der Waals surface area contributed by atoms with Crippen molar-refractivity contribution in [2.45, 2.75) is 181 Å². The van der Waals surface area contributed by atoms with Gasteiger partial charge in [0, 0.05) is 13.0 Å². The van der Waals surface area contributed by atoms with Crippen LogP contribution in [-0.4, -0.2) is 37.9 Å². The molecule has 0 saturated carbocycles. The minimum Gasteiger partial charge on any atom is -0.461 e. The van der Waals surface area contributed by atoms with Crippen LogP contribution in [0.4, 0.5) is 0 Å². The molecule has 0 spiro atoms. The maximum absolute atomic E-state index is 12.6. The predicted octanol–water partition coefficient (Wildman–Crippen LogP) is 13.2. The molecule has 0 aliphatic rings. The first-order chi connectivity index (χ1) is 24.6. The van der Waals surface area contributed by atoms with Crippen LogP contribution in [0.25, 0.3) is 0 Å². The molecule has 1 atom stereocenters. The van der Waals surface area contributed by atoms with Crippen LogP contribution in [0.5, 0.6) is 0 Å². The summed E-state index contributed by atoms with van der Waals surface area (Å²) in [5, 5.41) is 0. The molecule has 0 aromatic carbocycles. The number of hydrogen-bond acceptors (Lipinski definition) is 5. The molecular formula is C45H76O5. The third-order valence-corrected chi connectivity index (χ3v) is 8.26. The Morgan fingerprint density at radius 3 is 1.58 bits per heavy atom. The summed E-state index contributed by atoms with van der Waals surface area (Å²) in [7, 11) is 0. The average molecular weight is 697 g/mol. The van der Waals surface area contributed by atoms with Crippen LogP contribution < -0.4 is 0 Å². The molecule has 0 bridgehead atoms. The Bertz CT molecular complexity index is 926. The third kappa shape index (κ3) is 38.1. The Hall–Kier alpha value is -2.66. The number of carbonyl (C=O) groups is 2. The van der Waals surface area contributed by atoms with Gasteiger partial charge in [0.2, 0.25) is 0 Å². The lowest BCUT2D eigenvalue weighted by Gasteiger charge is -2.18. The summed E-state index contributed by atoms with van der Waals surface area (Å²) in [6, 6.07) is 0. The van der Waals surface area contributed by atoms with Gasteiger partial charge in [-0.05, 0) is 64.2 Å². The average Bonchev–Trinajstić information content (AvgIpc) is 3.11. The highest BCUT2D eigenvalue weighted by atomic mass is 16.6. The van der Waals surface area contributed by atoms with E-state index in [0.29, 0.717) is 13.0 Å². The topological polar surface area (TPSA) is 61.8 Å². The lowest BCUT2D eigenvalue weighted by molar-refractivity contribution is -0.162. The molecule has 0 aromatic rings. The van der Waals surface area contributed by atoms with E-state index in [0.717, 1.165) is 70.6 Å². The van der Waals surface area contributed by atoms with E-state index in [9.17, 15) is 9.59 Å². The van der Waals surface area contributed by atoms with Crippen LogP contribution in [0.2, 0.25) is 0 Å². The summed E-state index contributed by atoms with van der Waals surface area (Å²) < 4.78 is 17.1. The first kappa shape index (κ1) is 47.3. The minimum absolute atomic E-state index is 0.0263. The summed E-state index contributed by atoms with van der Waals surface area (Å²) in [6.07, 6.45) is 50.6. The van der Waals surface area contributed by atoms with Crippen LogP contribution >= 0.6 is 0 Å². The molecular weight excluding hydrogens is 620 g/mol. The Morgan fingerprint density at radius 1 is 0.480 bits per heavy atom. The Kier molecular flexibility index (Phi) is 38.6. The molecule has 0 rings (SSSR count). The van der Waals surface area contributed by atoms with Crippen LogP contribution in [0.3, 0.4) is 0 Å². The predicted molar refractivity (Wildman–Crippen MR) is 214 cm³/mol. The van der Waals surface area contributed by atoms with Crippen molar-refractivity contribution in [3.05, 3.63) is 72.9 Å². The van der Waals surface area contributed by atoms with E-state index in [-0.39, 0.29) is 31.6 Å². The Morgan fingerprint density at radius 2 is 0.980 bits per heavy atom. The highest BCUT2D eigenvalue weighted by Gasteiger charge is 2.17. The van der Waals surface area contributed by atoms with Crippen LogP contribution in [-0.2, 0) is 23.8 Å². The van der Waals surface area contributed by atoms with Crippen LogP contribution in [0.1, 0.15) is 175 Å². The third-order valence-electron chi connectivity index (χ3n) is 8.26. The van der Waals surface area contributed by atoms with Gasteiger partial charge < -0.3 is 14.2 Å². The second-order valence-electron chi connectivity index (χ2n) is 13.2. The molecule has 0 radical (unpaired) electrons. The fraction of sp³-hybridized carbons (Fsp3) is 0.689. The van der Waals surface area contributed by atoms with Crippen molar-refractivity contribution in [2.75, 3.05) is 19.8 Å². The number of esters is 2. The lowest BCUT2D eigenvalue weighted by atomic mass is 10.1. The zero-order valence-electron chi connectivity index (χ0n) is 32.6. The normalized spacial score (nSPS) is 12.9. The van der Waals surface area contributed by atoms with Gasteiger partial charge in [0.15, 0.2) is 6.10 Å². The molecule has 0 aromatic heterocycles. The molecule has 0 amide bonds. The summed E-state index contributed by atoms with van der Waals surface area (Å²) in [6.45, 7) is 7.52. The molecule has 1 unspecified atom stereocenters. The number of rotatable bonds is 36. The number of ether oxygens (including phenoxy) is 3. The summed E-state index contributed by atoms with van der Waals surface area (Å²) >= 11 is 0. The molecule has 0 aliphatic heterocycles. The first-order valence-electron chi connectivity index (χ1n) is 20.5. The quantitative estimate of drug-likeness (QED) is 0.0371. The summed E-state index contributed by atoms with van der Waals surface area (Å²) in [5.74, 6) is -0.561. The van der Waals surface area contributed by atoms with E-state index in [1.54, 1.807) is 0 Å². The second-order valence-corrected chi connectivity index (χ2v) is 13.2. The minimum atomic E-state index is -0.576. The van der Waals surface area contributed by atoms with E-state index in [2.05, 4.69) is 81.5 Å². The smallest absolute Gasteiger partial charge is 0.309 e. The molecule has 286 valence electrons. The van der Waals surface area contributed by atoms with Gasteiger partial charge in [0.1, 0.15) is 6.61 Å². The molecule has 0 aliphatic carbocycles. The van der Waals surface area contributed by atoms with E-state index >= 15 is 0 Å². The Balaban J connectivity index is 4.38. The van der Waals surface area contributed by atoms with E-state index in [1.807, 2.05) is 12.2 Å². The number of allylic oxidation sites excluding steroid dienone is 11. The molecule has 0 saturated heterocycles.